The van der Waals surface area contributed by atoms with Gasteiger partial charge in [0.15, 0.2) is 11.5 Å². The standard InChI is InChI=1S/C24H27F2NO5/c1-4-27(5-2)23(28)13-16(3)17-9-10-21(22(14-17)31-12-11-24(29)30)32-15-18-19(25)7-6-8-20(18)26/h6-10,13-14H,4-5,11-12,15H2,1-3H3,(H,29,30). The van der Waals surface area contributed by atoms with E-state index < -0.39 is 17.6 Å². The smallest absolute Gasteiger partial charge is 0.306 e. The van der Waals surface area contributed by atoms with Gasteiger partial charge in [-0.1, -0.05) is 12.1 Å². The molecule has 0 fully saturated rings. The zero-order chi connectivity index (χ0) is 23.7. The van der Waals surface area contributed by atoms with Crippen molar-refractivity contribution in [3.63, 3.8) is 0 Å². The Labute approximate surface area is 186 Å². The topological polar surface area (TPSA) is 76.1 Å². The molecule has 6 nitrogen and oxygen atoms in total. The summed E-state index contributed by atoms with van der Waals surface area (Å²) in [6.07, 6.45) is 1.28. The monoisotopic (exact) mass is 447 g/mol. The van der Waals surface area contributed by atoms with E-state index >= 15 is 0 Å². The summed E-state index contributed by atoms with van der Waals surface area (Å²) in [6.45, 7) is 6.23. The molecule has 2 aromatic carbocycles. The molecular weight excluding hydrogens is 420 g/mol. The van der Waals surface area contributed by atoms with Crippen LogP contribution in [0.1, 0.15) is 38.3 Å². The molecule has 32 heavy (non-hydrogen) atoms. The van der Waals surface area contributed by atoms with Crippen molar-refractivity contribution in [1.29, 1.82) is 0 Å². The maximum Gasteiger partial charge on any atom is 0.306 e. The van der Waals surface area contributed by atoms with Crippen molar-refractivity contribution in [2.45, 2.75) is 33.8 Å². The predicted molar refractivity (Wildman–Crippen MR) is 116 cm³/mol. The van der Waals surface area contributed by atoms with Gasteiger partial charge in [-0.15, -0.1) is 0 Å². The molecule has 0 bridgehead atoms. The van der Waals surface area contributed by atoms with Gasteiger partial charge in [-0.2, -0.15) is 0 Å². The number of carboxylic acids is 1. The first-order valence-electron chi connectivity index (χ1n) is 10.3. The van der Waals surface area contributed by atoms with Crippen LogP contribution in [0, 0.1) is 11.6 Å². The molecule has 8 heteroatoms. The van der Waals surface area contributed by atoms with Gasteiger partial charge in [0.25, 0.3) is 0 Å². The number of carbonyl (C=O) groups is 2. The van der Waals surface area contributed by atoms with Crippen LogP contribution in [0.2, 0.25) is 0 Å². The summed E-state index contributed by atoms with van der Waals surface area (Å²) in [6, 6.07) is 8.39. The van der Waals surface area contributed by atoms with E-state index in [9.17, 15) is 18.4 Å². The lowest BCUT2D eigenvalue weighted by molar-refractivity contribution is -0.137. The number of likely N-dealkylation sites (N-methyl/N-ethyl adjacent to an activating group) is 1. The first-order chi connectivity index (χ1) is 15.3. The lowest BCUT2D eigenvalue weighted by atomic mass is 10.1. The number of hydrogen-bond acceptors (Lipinski definition) is 4. The lowest BCUT2D eigenvalue weighted by Crippen LogP contribution is -2.28. The molecule has 0 aromatic heterocycles. The third kappa shape index (κ3) is 6.80. The minimum atomic E-state index is -1.03. The first kappa shape index (κ1) is 24.8. The molecule has 0 radical (unpaired) electrons. The molecule has 0 atom stereocenters. The summed E-state index contributed by atoms with van der Waals surface area (Å²) in [5, 5.41) is 8.87. The third-order valence-corrected chi connectivity index (χ3v) is 4.82. The number of nitrogens with zero attached hydrogens (tertiary/aromatic N) is 1. The van der Waals surface area contributed by atoms with Gasteiger partial charge in [0.05, 0.1) is 18.6 Å². The highest BCUT2D eigenvalue weighted by molar-refractivity contribution is 5.95. The van der Waals surface area contributed by atoms with Crippen LogP contribution in [-0.4, -0.2) is 41.6 Å². The van der Waals surface area contributed by atoms with E-state index in [1.807, 2.05) is 13.8 Å². The molecule has 0 aliphatic heterocycles. The Bertz CT molecular complexity index is 966. The molecule has 2 rings (SSSR count). The van der Waals surface area contributed by atoms with Crippen molar-refractivity contribution in [2.24, 2.45) is 0 Å². The summed E-state index contributed by atoms with van der Waals surface area (Å²) in [5.41, 5.74) is 1.12. The average Bonchev–Trinajstić information content (AvgIpc) is 2.74. The van der Waals surface area contributed by atoms with Crippen LogP contribution in [0.4, 0.5) is 8.78 Å². The van der Waals surface area contributed by atoms with Crippen LogP contribution in [0.25, 0.3) is 5.57 Å². The lowest BCUT2D eigenvalue weighted by Gasteiger charge is -2.17. The molecule has 0 saturated heterocycles. The number of benzene rings is 2. The highest BCUT2D eigenvalue weighted by Crippen LogP contribution is 2.32. The second kappa shape index (κ2) is 11.8. The Morgan fingerprint density at radius 3 is 2.28 bits per heavy atom. The molecule has 2 aromatic rings. The van der Waals surface area contributed by atoms with Crippen molar-refractivity contribution in [2.75, 3.05) is 19.7 Å². The van der Waals surface area contributed by atoms with Crippen molar-refractivity contribution < 1.29 is 33.0 Å². The van der Waals surface area contributed by atoms with Gasteiger partial charge in [-0.05, 0) is 56.2 Å². The van der Waals surface area contributed by atoms with Gasteiger partial charge >= 0.3 is 5.97 Å². The summed E-state index contributed by atoms with van der Waals surface area (Å²) < 4.78 is 39.0. The number of ether oxygens (including phenoxy) is 2. The maximum atomic E-state index is 13.9. The quantitative estimate of drug-likeness (QED) is 0.507. The van der Waals surface area contributed by atoms with Gasteiger partial charge in [-0.3, -0.25) is 9.59 Å². The molecule has 0 spiro atoms. The molecule has 0 aliphatic carbocycles. The van der Waals surface area contributed by atoms with Crippen LogP contribution in [-0.2, 0) is 16.2 Å². The largest absolute Gasteiger partial charge is 0.489 e. The van der Waals surface area contributed by atoms with Crippen molar-refractivity contribution >= 4 is 17.4 Å². The van der Waals surface area contributed by atoms with E-state index in [0.717, 1.165) is 12.1 Å². The SMILES string of the molecule is CCN(CC)C(=O)C=C(C)c1ccc(OCc2c(F)cccc2F)c(OCCC(=O)O)c1. The summed E-state index contributed by atoms with van der Waals surface area (Å²) >= 11 is 0. The fourth-order valence-corrected chi connectivity index (χ4v) is 2.95. The van der Waals surface area contributed by atoms with Crippen molar-refractivity contribution in [3.8, 4) is 11.5 Å². The van der Waals surface area contributed by atoms with E-state index in [0.29, 0.717) is 24.2 Å². The second-order valence-electron chi connectivity index (χ2n) is 6.98. The van der Waals surface area contributed by atoms with E-state index in [1.165, 1.54) is 12.1 Å². The van der Waals surface area contributed by atoms with Gasteiger partial charge < -0.3 is 19.5 Å². The zero-order valence-corrected chi connectivity index (χ0v) is 18.4. The molecular formula is C24H27F2NO5. The van der Waals surface area contributed by atoms with E-state index in [1.54, 1.807) is 30.0 Å². The van der Waals surface area contributed by atoms with Crippen LogP contribution >= 0.6 is 0 Å². The fraction of sp³-hybridized carbons (Fsp3) is 0.333. The Hall–Kier alpha value is -3.42. The zero-order valence-electron chi connectivity index (χ0n) is 18.4. The number of aliphatic carboxylic acids is 1. The summed E-state index contributed by atoms with van der Waals surface area (Å²) in [4.78, 5) is 24.9. The highest BCUT2D eigenvalue weighted by atomic mass is 19.1. The average molecular weight is 447 g/mol. The number of hydrogen-bond donors (Lipinski definition) is 1. The van der Waals surface area contributed by atoms with Gasteiger partial charge in [0, 0.05) is 19.2 Å². The van der Waals surface area contributed by atoms with Crippen LogP contribution < -0.4 is 9.47 Å². The van der Waals surface area contributed by atoms with Crippen LogP contribution in [0.3, 0.4) is 0 Å². The number of amides is 1. The van der Waals surface area contributed by atoms with E-state index in [2.05, 4.69) is 0 Å². The second-order valence-corrected chi connectivity index (χ2v) is 6.98. The number of rotatable bonds is 11. The number of carboxylic acid groups (broad SMARTS) is 1. The number of allylic oxidation sites excluding steroid dienone is 1. The van der Waals surface area contributed by atoms with Crippen LogP contribution in [0.5, 0.6) is 11.5 Å². The molecule has 0 heterocycles. The van der Waals surface area contributed by atoms with E-state index in [-0.39, 0.29) is 42.6 Å². The molecule has 0 unspecified atom stereocenters. The first-order valence-corrected chi connectivity index (χ1v) is 10.3. The number of halogens is 2. The van der Waals surface area contributed by atoms with E-state index in [4.69, 9.17) is 14.6 Å². The molecule has 0 saturated carbocycles. The van der Waals surface area contributed by atoms with Gasteiger partial charge in [0.1, 0.15) is 18.2 Å². The third-order valence-electron chi connectivity index (χ3n) is 4.82. The fourth-order valence-electron chi connectivity index (χ4n) is 2.95. The minimum absolute atomic E-state index is 0.121. The highest BCUT2D eigenvalue weighted by Gasteiger charge is 2.14. The molecule has 0 aliphatic rings. The Kier molecular flexibility index (Phi) is 9.19. The normalized spacial score (nSPS) is 11.2. The Balaban J connectivity index is 2.29. The summed E-state index contributed by atoms with van der Waals surface area (Å²) in [7, 11) is 0. The Morgan fingerprint density at radius 1 is 1.03 bits per heavy atom. The predicted octanol–water partition coefficient (Wildman–Crippen LogP) is 4.67. The molecule has 1 amide bonds. The van der Waals surface area contributed by atoms with Crippen molar-refractivity contribution in [1.82, 2.24) is 4.90 Å². The Morgan fingerprint density at radius 2 is 1.69 bits per heavy atom. The summed E-state index contributed by atoms with van der Waals surface area (Å²) in [5.74, 6) is -2.21. The van der Waals surface area contributed by atoms with Gasteiger partial charge in [-0.25, -0.2) is 8.78 Å². The van der Waals surface area contributed by atoms with Crippen LogP contribution in [0.15, 0.2) is 42.5 Å². The molecule has 172 valence electrons. The number of carbonyl (C=O) groups excluding carboxylic acids is 1. The maximum absolute atomic E-state index is 13.9. The molecule has 1 N–H and O–H groups in total. The minimum Gasteiger partial charge on any atom is -0.489 e. The van der Waals surface area contributed by atoms with Gasteiger partial charge in [0.2, 0.25) is 5.91 Å². The van der Waals surface area contributed by atoms with Crippen molar-refractivity contribution in [3.05, 3.63) is 65.2 Å².